The maximum atomic E-state index is 13.3. The van der Waals surface area contributed by atoms with Crippen LogP contribution in [0, 0.1) is 0 Å². The fourth-order valence-corrected chi connectivity index (χ4v) is 3.81. The Balaban J connectivity index is 1.59. The van der Waals surface area contributed by atoms with Gasteiger partial charge in [0.05, 0.1) is 29.5 Å². The highest BCUT2D eigenvalue weighted by Crippen LogP contribution is 2.39. The fraction of sp³-hybridized carbons (Fsp3) is 0.391. The van der Waals surface area contributed by atoms with Crippen LogP contribution in [-0.4, -0.2) is 46.1 Å². The van der Waals surface area contributed by atoms with E-state index in [1.54, 1.807) is 19.4 Å². The van der Waals surface area contributed by atoms with Gasteiger partial charge in [0.1, 0.15) is 12.0 Å². The van der Waals surface area contributed by atoms with E-state index in [2.05, 4.69) is 35.9 Å². The largest absolute Gasteiger partial charge is 0.393 e. The van der Waals surface area contributed by atoms with Gasteiger partial charge in [0.15, 0.2) is 5.69 Å². The summed E-state index contributed by atoms with van der Waals surface area (Å²) in [5.41, 5.74) is 8.31. The first-order valence-corrected chi connectivity index (χ1v) is 11.1. The highest BCUT2D eigenvalue weighted by molar-refractivity contribution is 6.05. The Bertz CT molecular complexity index is 1070. The topological polar surface area (TPSA) is 147 Å². The number of rotatable bonds is 8. The summed E-state index contributed by atoms with van der Waals surface area (Å²) >= 11 is 0. The van der Waals surface area contributed by atoms with E-state index < -0.39 is 11.8 Å². The lowest BCUT2D eigenvalue weighted by Crippen LogP contribution is -2.39. The van der Waals surface area contributed by atoms with Crippen molar-refractivity contribution < 1.29 is 9.59 Å². The van der Waals surface area contributed by atoms with E-state index in [1.165, 1.54) is 12.5 Å². The number of aliphatic imine (C=N–C) groups is 1. The minimum atomic E-state index is -0.497. The van der Waals surface area contributed by atoms with Gasteiger partial charge in [-0.1, -0.05) is 12.8 Å². The quantitative estimate of drug-likeness (QED) is 0.357. The van der Waals surface area contributed by atoms with Crippen molar-refractivity contribution in [2.45, 2.75) is 50.5 Å². The van der Waals surface area contributed by atoms with E-state index in [1.807, 2.05) is 12.1 Å². The number of carbonyl (C=O) groups is 2. The molecule has 2 heterocycles. The van der Waals surface area contributed by atoms with Crippen molar-refractivity contribution in [2.75, 3.05) is 12.4 Å². The summed E-state index contributed by atoms with van der Waals surface area (Å²) in [6, 6.07) is 3.83. The molecule has 0 bridgehead atoms. The number of hydrogen-bond donors (Lipinski definition) is 4. The van der Waals surface area contributed by atoms with Crippen molar-refractivity contribution in [3.63, 3.8) is 0 Å². The van der Waals surface area contributed by atoms with Crippen LogP contribution in [0.5, 0.6) is 0 Å². The molecule has 10 heteroatoms. The summed E-state index contributed by atoms with van der Waals surface area (Å²) in [6.45, 7) is 0. The van der Waals surface area contributed by atoms with E-state index >= 15 is 0 Å². The van der Waals surface area contributed by atoms with Gasteiger partial charge in [-0.05, 0) is 37.8 Å². The zero-order valence-corrected chi connectivity index (χ0v) is 18.5. The number of nitrogens with one attached hydrogen (secondary N) is 3. The Morgan fingerprint density at radius 3 is 2.52 bits per heavy atom. The molecule has 10 nitrogen and oxygen atoms in total. The average Bonchev–Trinajstić information content (AvgIpc) is 3.55. The summed E-state index contributed by atoms with van der Waals surface area (Å²) in [4.78, 5) is 42.5. The first-order chi connectivity index (χ1) is 16.0. The fourth-order valence-electron chi connectivity index (χ4n) is 3.81. The van der Waals surface area contributed by atoms with Crippen molar-refractivity contribution in [2.24, 2.45) is 10.7 Å². The molecule has 0 atom stereocenters. The van der Waals surface area contributed by atoms with Crippen molar-refractivity contribution in [3.8, 4) is 0 Å². The second-order valence-electron chi connectivity index (χ2n) is 8.28. The standard InChI is InChI=1S/C23H28N8O2/c1-25-12-19(20(24)22(32)29-15-4-2-3-5-15)31-23(33)21-18(28-16-10-26-13-27-11-16)9-8-17(30-21)14-6-7-14/h8-15,28H,2-7,24H2,1H3,(H,29,32)(H,31,33). The van der Waals surface area contributed by atoms with Gasteiger partial charge in [-0.25, -0.2) is 15.0 Å². The molecule has 2 aromatic heterocycles. The lowest BCUT2D eigenvalue weighted by atomic mass is 10.2. The summed E-state index contributed by atoms with van der Waals surface area (Å²) in [5, 5.41) is 8.79. The molecule has 0 aromatic carbocycles. The number of hydrogen-bond acceptors (Lipinski definition) is 8. The molecule has 2 aliphatic rings. The molecule has 0 unspecified atom stereocenters. The number of amides is 2. The molecule has 0 spiro atoms. The van der Waals surface area contributed by atoms with Crippen molar-refractivity contribution >= 4 is 29.4 Å². The number of nitrogens with two attached hydrogens (primary N) is 1. The van der Waals surface area contributed by atoms with E-state index in [0.29, 0.717) is 17.3 Å². The van der Waals surface area contributed by atoms with Crippen LogP contribution in [0.15, 0.2) is 47.2 Å². The molecule has 2 amide bonds. The summed E-state index contributed by atoms with van der Waals surface area (Å²) in [5.74, 6) is -0.555. The van der Waals surface area contributed by atoms with Crippen LogP contribution in [0.2, 0.25) is 0 Å². The Morgan fingerprint density at radius 2 is 1.85 bits per heavy atom. The van der Waals surface area contributed by atoms with Gasteiger partial charge in [-0.15, -0.1) is 0 Å². The van der Waals surface area contributed by atoms with Crippen molar-refractivity contribution in [3.05, 3.63) is 53.6 Å². The first kappa shape index (κ1) is 22.4. The number of nitrogens with zero attached hydrogens (tertiary/aromatic N) is 4. The highest BCUT2D eigenvalue weighted by Gasteiger charge is 2.27. The average molecular weight is 449 g/mol. The lowest BCUT2D eigenvalue weighted by molar-refractivity contribution is -0.118. The van der Waals surface area contributed by atoms with Gasteiger partial charge >= 0.3 is 0 Å². The molecule has 172 valence electrons. The zero-order valence-electron chi connectivity index (χ0n) is 18.5. The van der Waals surface area contributed by atoms with Gasteiger partial charge in [0.2, 0.25) is 0 Å². The van der Waals surface area contributed by atoms with Crippen molar-refractivity contribution in [1.29, 1.82) is 0 Å². The zero-order chi connectivity index (χ0) is 23.2. The molecular formula is C23H28N8O2. The van der Waals surface area contributed by atoms with Gasteiger partial charge in [0.25, 0.3) is 11.8 Å². The molecule has 2 aliphatic carbocycles. The van der Waals surface area contributed by atoms with E-state index in [0.717, 1.165) is 44.2 Å². The predicted molar refractivity (Wildman–Crippen MR) is 125 cm³/mol. The van der Waals surface area contributed by atoms with Gasteiger partial charge in [-0.3, -0.25) is 14.6 Å². The Morgan fingerprint density at radius 1 is 1.12 bits per heavy atom. The normalized spacial score (nSPS) is 17.0. The molecule has 2 fully saturated rings. The molecule has 2 aromatic rings. The first-order valence-electron chi connectivity index (χ1n) is 11.1. The molecule has 5 N–H and O–H groups in total. The van der Waals surface area contributed by atoms with E-state index in [4.69, 9.17) is 5.73 Å². The number of anilines is 2. The molecule has 33 heavy (non-hydrogen) atoms. The molecule has 4 rings (SSSR count). The minimum absolute atomic E-state index is 0.0924. The number of carbonyl (C=O) groups excluding carboxylic acids is 2. The number of aromatic nitrogens is 3. The molecule has 0 saturated heterocycles. The third-order valence-corrected chi connectivity index (χ3v) is 5.70. The van der Waals surface area contributed by atoms with E-state index in [-0.39, 0.29) is 23.1 Å². The third kappa shape index (κ3) is 5.71. The minimum Gasteiger partial charge on any atom is -0.393 e. The Hall–Kier alpha value is -3.82. The molecular weight excluding hydrogens is 420 g/mol. The lowest BCUT2D eigenvalue weighted by Gasteiger charge is -2.16. The second-order valence-corrected chi connectivity index (χ2v) is 8.28. The van der Waals surface area contributed by atoms with Crippen LogP contribution in [0.4, 0.5) is 11.4 Å². The van der Waals surface area contributed by atoms with E-state index in [9.17, 15) is 9.59 Å². The van der Waals surface area contributed by atoms with Crippen LogP contribution in [0.1, 0.15) is 60.6 Å². The van der Waals surface area contributed by atoms with Crippen LogP contribution in [-0.2, 0) is 4.79 Å². The van der Waals surface area contributed by atoms with Gasteiger partial charge < -0.3 is 21.7 Å². The molecule has 0 radical (unpaired) electrons. The van der Waals surface area contributed by atoms with Gasteiger partial charge in [-0.2, -0.15) is 0 Å². The van der Waals surface area contributed by atoms with Crippen LogP contribution in [0.3, 0.4) is 0 Å². The second kappa shape index (κ2) is 10.2. The highest BCUT2D eigenvalue weighted by atomic mass is 16.2. The summed E-state index contributed by atoms with van der Waals surface area (Å²) in [7, 11) is 1.54. The third-order valence-electron chi connectivity index (χ3n) is 5.70. The molecule has 2 saturated carbocycles. The van der Waals surface area contributed by atoms with Crippen molar-refractivity contribution in [1.82, 2.24) is 25.6 Å². The maximum Gasteiger partial charge on any atom is 0.276 e. The number of pyridine rings is 1. The Kier molecular flexibility index (Phi) is 6.92. The van der Waals surface area contributed by atoms with Crippen LogP contribution >= 0.6 is 0 Å². The predicted octanol–water partition coefficient (Wildman–Crippen LogP) is 2.15. The molecule has 0 aliphatic heterocycles. The van der Waals surface area contributed by atoms with Gasteiger partial charge in [0, 0.05) is 30.9 Å². The monoisotopic (exact) mass is 448 g/mol. The van der Waals surface area contributed by atoms with Crippen LogP contribution < -0.4 is 21.7 Å². The summed E-state index contributed by atoms with van der Waals surface area (Å²) in [6.07, 6.45) is 12.1. The Labute approximate surface area is 192 Å². The summed E-state index contributed by atoms with van der Waals surface area (Å²) < 4.78 is 0. The number of allylic oxidation sites excluding steroid dienone is 1. The smallest absolute Gasteiger partial charge is 0.276 e. The maximum absolute atomic E-state index is 13.3. The SMILES string of the molecule is CN=CC(NC(=O)c1nc(C2CC2)ccc1Nc1cncnc1)=C(N)C(=O)NC1CCCC1. The van der Waals surface area contributed by atoms with Crippen LogP contribution in [0.25, 0.3) is 0 Å².